The second-order valence-corrected chi connectivity index (χ2v) is 8.23. The molecule has 158 valence electrons. The van der Waals surface area contributed by atoms with Gasteiger partial charge in [-0.25, -0.2) is 0 Å². The molecular weight excluding hydrogens is 402 g/mol. The lowest BCUT2D eigenvalue weighted by Gasteiger charge is -2.27. The Hall–Kier alpha value is -2.83. The molecule has 1 atom stereocenters. The van der Waals surface area contributed by atoms with Crippen LogP contribution in [0.5, 0.6) is 0 Å². The molecule has 0 radical (unpaired) electrons. The Bertz CT molecular complexity index is 966. The number of hydrogen-bond acceptors (Lipinski definition) is 5. The summed E-state index contributed by atoms with van der Waals surface area (Å²) in [5.74, 6) is -1.48. The number of carbonyl (C=O) groups excluding carboxylic acids is 2. The van der Waals surface area contributed by atoms with Gasteiger partial charge in [0, 0.05) is 43.5 Å². The fourth-order valence-electron chi connectivity index (χ4n) is 3.48. The minimum atomic E-state index is -0.678. The summed E-state index contributed by atoms with van der Waals surface area (Å²) in [6.07, 6.45) is 0. The van der Waals surface area contributed by atoms with Crippen LogP contribution in [0.2, 0.25) is 5.02 Å². The fraction of sp³-hybridized carbons (Fsp3) is 0.304. The van der Waals surface area contributed by atoms with Gasteiger partial charge < -0.3 is 19.8 Å². The van der Waals surface area contributed by atoms with Crippen LogP contribution >= 0.6 is 11.6 Å². The molecule has 2 aromatic rings. The van der Waals surface area contributed by atoms with Crippen molar-refractivity contribution in [3.05, 3.63) is 70.3 Å². The van der Waals surface area contributed by atoms with Gasteiger partial charge in [-0.3, -0.25) is 9.59 Å². The Labute approximate surface area is 182 Å². The molecule has 0 spiro atoms. The highest BCUT2D eigenvalue weighted by atomic mass is 35.5. The Morgan fingerprint density at radius 1 is 1.00 bits per heavy atom. The Morgan fingerprint density at radius 3 is 2.13 bits per heavy atom. The zero-order valence-corrected chi connectivity index (χ0v) is 18.3. The van der Waals surface area contributed by atoms with Crippen LogP contribution in [0.25, 0.3) is 5.76 Å². The van der Waals surface area contributed by atoms with Gasteiger partial charge in [0.2, 0.25) is 0 Å². The Morgan fingerprint density at radius 2 is 1.60 bits per heavy atom. The number of halogens is 1. The number of aliphatic hydroxyl groups is 1. The van der Waals surface area contributed by atoms with Gasteiger partial charge >= 0.3 is 0 Å². The third-order valence-corrected chi connectivity index (χ3v) is 5.42. The number of hydrogen-bond donors (Lipinski definition) is 1. The van der Waals surface area contributed by atoms with Crippen LogP contribution in [-0.4, -0.2) is 67.9 Å². The van der Waals surface area contributed by atoms with Crippen molar-refractivity contribution in [2.24, 2.45) is 0 Å². The molecule has 1 N–H and O–H groups in total. The molecular formula is C23H26ClN3O3. The van der Waals surface area contributed by atoms with Crippen LogP contribution in [0.1, 0.15) is 17.2 Å². The molecule has 0 saturated carbocycles. The van der Waals surface area contributed by atoms with Crippen LogP contribution in [0.15, 0.2) is 54.1 Å². The van der Waals surface area contributed by atoms with Crippen LogP contribution < -0.4 is 4.90 Å². The molecule has 6 nitrogen and oxygen atoms in total. The first-order valence-corrected chi connectivity index (χ1v) is 10.0. The minimum absolute atomic E-state index is 0.0960. The average Bonchev–Trinajstić information content (AvgIpc) is 2.97. The molecule has 30 heavy (non-hydrogen) atoms. The SMILES string of the molecule is CN(C)CCN1C(=O)C(=O)/C(=C(\O)c2ccc(Cl)cc2)C1c1ccc(N(C)C)cc1. The number of likely N-dealkylation sites (tertiary alicyclic amines) is 1. The maximum atomic E-state index is 12.9. The van der Waals surface area contributed by atoms with Crippen molar-refractivity contribution in [3.8, 4) is 0 Å². The summed E-state index contributed by atoms with van der Waals surface area (Å²) in [4.78, 5) is 31.3. The van der Waals surface area contributed by atoms with E-state index in [9.17, 15) is 14.7 Å². The van der Waals surface area contributed by atoms with E-state index in [2.05, 4.69) is 0 Å². The summed E-state index contributed by atoms with van der Waals surface area (Å²) in [6.45, 7) is 0.968. The number of aliphatic hydroxyl groups excluding tert-OH is 1. The van der Waals surface area contributed by atoms with Crippen molar-refractivity contribution < 1.29 is 14.7 Å². The number of amides is 1. The predicted molar refractivity (Wildman–Crippen MR) is 120 cm³/mol. The van der Waals surface area contributed by atoms with Gasteiger partial charge in [0.15, 0.2) is 0 Å². The first-order valence-electron chi connectivity index (χ1n) is 9.67. The van der Waals surface area contributed by atoms with Gasteiger partial charge in [-0.15, -0.1) is 0 Å². The summed E-state index contributed by atoms with van der Waals surface area (Å²) in [5, 5.41) is 11.5. The molecule has 1 fully saturated rings. The lowest BCUT2D eigenvalue weighted by Crippen LogP contribution is -2.35. The third kappa shape index (κ3) is 4.35. The second kappa shape index (κ2) is 8.90. The van der Waals surface area contributed by atoms with E-state index in [-0.39, 0.29) is 11.3 Å². The van der Waals surface area contributed by atoms with Crippen molar-refractivity contribution >= 4 is 34.7 Å². The summed E-state index contributed by atoms with van der Waals surface area (Å²) >= 11 is 5.95. The number of Topliss-reactive ketones (excluding diaryl/α,β-unsaturated/α-hetero) is 1. The van der Waals surface area contributed by atoms with Crippen molar-refractivity contribution in [2.45, 2.75) is 6.04 Å². The lowest BCUT2D eigenvalue weighted by atomic mass is 9.95. The highest BCUT2D eigenvalue weighted by molar-refractivity contribution is 6.46. The summed E-state index contributed by atoms with van der Waals surface area (Å²) in [7, 11) is 7.70. The molecule has 7 heteroatoms. The minimum Gasteiger partial charge on any atom is -0.507 e. The molecule has 0 bridgehead atoms. The third-order valence-electron chi connectivity index (χ3n) is 5.17. The molecule has 0 aromatic heterocycles. The molecule has 1 aliphatic rings. The van der Waals surface area contributed by atoms with E-state index < -0.39 is 17.7 Å². The van der Waals surface area contributed by atoms with Gasteiger partial charge in [-0.2, -0.15) is 0 Å². The molecule has 1 amide bonds. The number of nitrogens with zero attached hydrogens (tertiary/aromatic N) is 3. The van der Waals surface area contributed by atoms with Gasteiger partial charge in [0.25, 0.3) is 11.7 Å². The number of carbonyl (C=O) groups is 2. The Balaban J connectivity index is 2.12. The first-order chi connectivity index (χ1) is 14.2. The van der Waals surface area contributed by atoms with Crippen LogP contribution in [-0.2, 0) is 9.59 Å². The van der Waals surface area contributed by atoms with Gasteiger partial charge in [0.05, 0.1) is 11.6 Å². The topological polar surface area (TPSA) is 64.1 Å². The maximum Gasteiger partial charge on any atom is 0.295 e. The van der Waals surface area contributed by atoms with Crippen LogP contribution in [0.3, 0.4) is 0 Å². The van der Waals surface area contributed by atoms with Crippen molar-refractivity contribution in [2.75, 3.05) is 46.2 Å². The monoisotopic (exact) mass is 427 g/mol. The molecule has 2 aromatic carbocycles. The summed E-state index contributed by atoms with van der Waals surface area (Å²) in [6, 6.07) is 13.5. The highest BCUT2D eigenvalue weighted by Gasteiger charge is 2.45. The van der Waals surface area contributed by atoms with Crippen molar-refractivity contribution in [1.29, 1.82) is 0 Å². The van der Waals surface area contributed by atoms with Gasteiger partial charge in [0.1, 0.15) is 5.76 Å². The van der Waals surface area contributed by atoms with Gasteiger partial charge in [-0.1, -0.05) is 23.7 Å². The van der Waals surface area contributed by atoms with Crippen molar-refractivity contribution in [3.63, 3.8) is 0 Å². The zero-order valence-electron chi connectivity index (χ0n) is 17.6. The number of rotatable bonds is 6. The summed E-state index contributed by atoms with van der Waals surface area (Å²) < 4.78 is 0. The first kappa shape index (κ1) is 21.9. The number of benzene rings is 2. The van der Waals surface area contributed by atoms with Crippen LogP contribution in [0, 0.1) is 0 Å². The normalized spacial score (nSPS) is 18.3. The standard InChI is InChI=1S/C23H26ClN3O3/c1-25(2)13-14-27-20(15-7-11-18(12-8-15)26(3)4)19(22(29)23(27)30)21(28)16-5-9-17(24)10-6-16/h5-12,20,28H,13-14H2,1-4H3/b21-19-. The van der Waals surface area contributed by atoms with Crippen molar-refractivity contribution in [1.82, 2.24) is 9.80 Å². The van der Waals surface area contributed by atoms with E-state index >= 15 is 0 Å². The molecule has 1 unspecified atom stereocenters. The predicted octanol–water partition coefficient (Wildman–Crippen LogP) is 3.39. The van der Waals surface area contributed by atoms with E-state index in [1.54, 1.807) is 24.3 Å². The van der Waals surface area contributed by atoms with E-state index in [1.807, 2.05) is 62.3 Å². The second-order valence-electron chi connectivity index (χ2n) is 7.79. The van der Waals surface area contributed by atoms with E-state index in [0.717, 1.165) is 11.3 Å². The quantitative estimate of drug-likeness (QED) is 0.435. The van der Waals surface area contributed by atoms with Crippen LogP contribution in [0.4, 0.5) is 5.69 Å². The lowest BCUT2D eigenvalue weighted by molar-refractivity contribution is -0.140. The van der Waals surface area contributed by atoms with E-state index in [1.165, 1.54) is 4.90 Å². The molecule has 1 heterocycles. The molecule has 1 saturated heterocycles. The molecule has 3 rings (SSSR count). The smallest absolute Gasteiger partial charge is 0.295 e. The van der Waals surface area contributed by atoms with E-state index in [4.69, 9.17) is 11.6 Å². The molecule has 1 aliphatic heterocycles. The highest BCUT2D eigenvalue weighted by Crippen LogP contribution is 2.39. The number of anilines is 1. The average molecular weight is 428 g/mol. The number of likely N-dealkylation sites (N-methyl/N-ethyl adjacent to an activating group) is 1. The fourth-order valence-corrected chi connectivity index (χ4v) is 3.61. The zero-order chi connectivity index (χ0) is 22.0. The largest absolute Gasteiger partial charge is 0.507 e. The van der Waals surface area contributed by atoms with E-state index in [0.29, 0.717) is 23.7 Å². The number of ketones is 1. The molecule has 0 aliphatic carbocycles. The summed E-state index contributed by atoms with van der Waals surface area (Å²) in [5.41, 5.74) is 2.31. The maximum absolute atomic E-state index is 12.9. The van der Waals surface area contributed by atoms with Gasteiger partial charge in [-0.05, 0) is 56.1 Å². The Kier molecular flexibility index (Phi) is 6.48.